The highest BCUT2D eigenvalue weighted by Crippen LogP contribution is 2.25. The lowest BCUT2D eigenvalue weighted by atomic mass is 9.94. The summed E-state index contributed by atoms with van der Waals surface area (Å²) in [5.74, 6) is -1.16. The molecule has 0 radical (unpaired) electrons. The number of amides is 3. The average molecular weight is 669 g/mol. The number of hydrogen-bond acceptors (Lipinski definition) is 7. The number of likely N-dealkylation sites (tertiary alicyclic amines) is 1. The number of nitrogens with zero attached hydrogens (tertiary/aromatic N) is 1. The minimum Gasteiger partial charge on any atom is -0.461 e. The Hall–Kier alpha value is -3.40. The molecule has 1 saturated heterocycles. The third-order valence-corrected chi connectivity index (χ3v) is 8.84. The predicted molar refractivity (Wildman–Crippen MR) is 188 cm³/mol. The summed E-state index contributed by atoms with van der Waals surface area (Å²) in [6.45, 7) is 10.6. The van der Waals surface area contributed by atoms with Crippen LogP contribution in [0.4, 0.5) is 4.79 Å². The maximum absolute atomic E-state index is 14.3. The van der Waals surface area contributed by atoms with Crippen LogP contribution in [0.25, 0.3) is 0 Å². The van der Waals surface area contributed by atoms with Gasteiger partial charge >= 0.3 is 12.1 Å². The summed E-state index contributed by atoms with van der Waals surface area (Å²) in [4.78, 5) is 55.6. The molecule has 1 heterocycles. The molecular weight excluding hydrogens is 608 g/mol. The van der Waals surface area contributed by atoms with E-state index in [1.54, 1.807) is 4.90 Å². The van der Waals surface area contributed by atoms with E-state index in [9.17, 15) is 19.2 Å². The number of rotatable bonds is 16. The molecule has 1 aromatic rings. The normalized spacial score (nSPS) is 19.1. The number of nitrogens with two attached hydrogens (primary N) is 1. The average Bonchev–Trinajstić information content (AvgIpc) is 3.52. The molecule has 0 spiro atoms. The second kappa shape index (κ2) is 19.6. The maximum Gasteiger partial charge on any atom is 0.408 e. The molecule has 1 aromatic carbocycles. The van der Waals surface area contributed by atoms with Crippen LogP contribution in [0.15, 0.2) is 42.5 Å². The summed E-state index contributed by atoms with van der Waals surface area (Å²) in [5.41, 5.74) is 6.07. The molecule has 4 N–H and O–H groups in total. The van der Waals surface area contributed by atoms with Crippen LogP contribution >= 0.6 is 0 Å². The Morgan fingerprint density at radius 3 is 2.31 bits per heavy atom. The molecule has 0 unspecified atom stereocenters. The first-order valence-corrected chi connectivity index (χ1v) is 18.1. The number of ether oxygens (including phenoxy) is 2. The van der Waals surface area contributed by atoms with Crippen LogP contribution in [-0.2, 0) is 30.3 Å². The van der Waals surface area contributed by atoms with E-state index in [-0.39, 0.29) is 29.9 Å². The Kier molecular flexibility index (Phi) is 15.9. The lowest BCUT2D eigenvalue weighted by Crippen LogP contribution is -2.52. The molecule has 10 heteroatoms. The van der Waals surface area contributed by atoms with Gasteiger partial charge in [0.1, 0.15) is 23.8 Å². The van der Waals surface area contributed by atoms with Crippen molar-refractivity contribution in [2.45, 2.75) is 141 Å². The number of hydrogen-bond donors (Lipinski definition) is 3. The lowest BCUT2D eigenvalue weighted by Gasteiger charge is -2.30. The zero-order valence-electron chi connectivity index (χ0n) is 29.9. The van der Waals surface area contributed by atoms with Crippen molar-refractivity contribution in [2.24, 2.45) is 17.6 Å². The molecule has 0 bridgehead atoms. The third-order valence-electron chi connectivity index (χ3n) is 8.84. The smallest absolute Gasteiger partial charge is 0.408 e. The van der Waals surface area contributed by atoms with Gasteiger partial charge in [-0.3, -0.25) is 9.59 Å². The SMILES string of the molecule is CC(C)C[C@@H](/C=C/[C@H](Cc1ccccc1)C(=O)N1CCC[C@@H]1C(=O)N[C@@H](CCCCN)C(=O)OC1CCCCC1)NC(=O)OC(C)(C)C. The minimum absolute atomic E-state index is 0.112. The van der Waals surface area contributed by atoms with Gasteiger partial charge in [-0.2, -0.15) is 0 Å². The second-order valence-corrected chi connectivity index (χ2v) is 14.8. The van der Waals surface area contributed by atoms with Crippen LogP contribution in [0.5, 0.6) is 0 Å². The molecule has 2 fully saturated rings. The molecular formula is C38H60N4O6. The molecule has 1 saturated carbocycles. The largest absolute Gasteiger partial charge is 0.461 e. The number of esters is 1. The number of benzene rings is 1. The standard InChI is InChI=1S/C38H60N4O6/c1-27(2)25-30(40-37(46)48-38(3,4)5)22-21-29(26-28-15-8-6-9-16-28)35(44)42-24-14-20-33(42)34(43)41-32(19-12-13-23-39)36(45)47-31-17-10-7-11-18-31/h6,8-9,15-16,21-22,27,29-33H,7,10-14,17-20,23-26,39H2,1-5H3,(H,40,46)(H,41,43)/b22-21+/t29-,30-,32+,33-/m1/s1. The van der Waals surface area contributed by atoms with Crippen molar-refractivity contribution in [1.82, 2.24) is 15.5 Å². The van der Waals surface area contributed by atoms with Crippen molar-refractivity contribution in [3.8, 4) is 0 Å². The molecule has 2 aliphatic rings. The van der Waals surface area contributed by atoms with Gasteiger partial charge in [-0.25, -0.2) is 9.59 Å². The Morgan fingerprint density at radius 2 is 1.67 bits per heavy atom. The van der Waals surface area contributed by atoms with E-state index >= 15 is 0 Å². The van der Waals surface area contributed by atoms with Gasteiger partial charge < -0.3 is 30.7 Å². The first-order valence-electron chi connectivity index (χ1n) is 18.1. The fraction of sp³-hybridized carbons (Fsp3) is 0.684. The topological polar surface area (TPSA) is 140 Å². The Balaban J connectivity index is 1.79. The van der Waals surface area contributed by atoms with E-state index in [4.69, 9.17) is 15.2 Å². The molecule has 10 nitrogen and oxygen atoms in total. The molecule has 1 aliphatic heterocycles. The number of carbonyl (C=O) groups excluding carboxylic acids is 4. The lowest BCUT2D eigenvalue weighted by molar-refractivity contribution is -0.155. The van der Waals surface area contributed by atoms with Crippen molar-refractivity contribution < 1.29 is 28.7 Å². The van der Waals surface area contributed by atoms with Gasteiger partial charge in [0.2, 0.25) is 11.8 Å². The molecule has 3 amide bonds. The Bertz CT molecular complexity index is 1190. The molecule has 0 aromatic heterocycles. The fourth-order valence-corrected chi connectivity index (χ4v) is 6.48. The number of nitrogens with one attached hydrogen (secondary N) is 2. The van der Waals surface area contributed by atoms with E-state index in [2.05, 4.69) is 24.5 Å². The summed E-state index contributed by atoms with van der Waals surface area (Å²) < 4.78 is 11.3. The highest BCUT2D eigenvalue weighted by molar-refractivity contribution is 5.92. The van der Waals surface area contributed by atoms with Crippen LogP contribution < -0.4 is 16.4 Å². The van der Waals surface area contributed by atoms with Crippen LogP contribution in [0.3, 0.4) is 0 Å². The highest BCUT2D eigenvalue weighted by atomic mass is 16.6. The zero-order chi connectivity index (χ0) is 35.1. The third kappa shape index (κ3) is 13.6. The summed E-state index contributed by atoms with van der Waals surface area (Å²) >= 11 is 0. The summed E-state index contributed by atoms with van der Waals surface area (Å²) in [6.07, 6.45) is 12.2. The predicted octanol–water partition coefficient (Wildman–Crippen LogP) is 5.82. The van der Waals surface area contributed by atoms with E-state index in [0.717, 1.165) is 44.1 Å². The van der Waals surface area contributed by atoms with Crippen molar-refractivity contribution in [2.75, 3.05) is 13.1 Å². The molecule has 1 aliphatic carbocycles. The van der Waals surface area contributed by atoms with E-state index in [1.165, 1.54) is 0 Å². The Labute approximate surface area is 287 Å². The minimum atomic E-state index is -0.778. The van der Waals surface area contributed by atoms with Crippen molar-refractivity contribution in [3.05, 3.63) is 48.0 Å². The van der Waals surface area contributed by atoms with Crippen LogP contribution in [0, 0.1) is 11.8 Å². The molecule has 4 atom stereocenters. The van der Waals surface area contributed by atoms with Crippen molar-refractivity contribution >= 4 is 23.9 Å². The van der Waals surface area contributed by atoms with Gasteiger partial charge in [-0.15, -0.1) is 0 Å². The number of carbonyl (C=O) groups is 4. The van der Waals surface area contributed by atoms with Crippen LogP contribution in [0.1, 0.15) is 111 Å². The molecule has 48 heavy (non-hydrogen) atoms. The first kappa shape index (κ1) is 39.0. The monoisotopic (exact) mass is 668 g/mol. The van der Waals surface area contributed by atoms with Gasteiger partial charge in [0.05, 0.1) is 12.0 Å². The van der Waals surface area contributed by atoms with Crippen LogP contribution in [-0.4, -0.2) is 71.7 Å². The first-order chi connectivity index (χ1) is 22.9. The summed E-state index contributed by atoms with van der Waals surface area (Å²) in [5, 5.41) is 5.92. The van der Waals surface area contributed by atoms with Gasteiger partial charge in [-0.05, 0) is 109 Å². The highest BCUT2D eigenvalue weighted by Gasteiger charge is 2.38. The maximum atomic E-state index is 14.3. The van der Waals surface area contributed by atoms with Crippen molar-refractivity contribution in [1.29, 1.82) is 0 Å². The van der Waals surface area contributed by atoms with E-state index in [0.29, 0.717) is 51.6 Å². The van der Waals surface area contributed by atoms with Crippen molar-refractivity contribution in [3.63, 3.8) is 0 Å². The second-order valence-electron chi connectivity index (χ2n) is 14.8. The summed E-state index contributed by atoms with van der Waals surface area (Å²) in [6, 6.07) is 7.98. The van der Waals surface area contributed by atoms with E-state index < -0.39 is 35.7 Å². The van der Waals surface area contributed by atoms with E-state index in [1.807, 2.05) is 63.3 Å². The van der Waals surface area contributed by atoms with Gasteiger partial charge in [0, 0.05) is 6.54 Å². The quantitative estimate of drug-likeness (QED) is 0.115. The van der Waals surface area contributed by atoms with Crippen LogP contribution in [0.2, 0.25) is 0 Å². The summed E-state index contributed by atoms with van der Waals surface area (Å²) in [7, 11) is 0. The van der Waals surface area contributed by atoms with Gasteiger partial charge in [0.15, 0.2) is 0 Å². The number of unbranched alkanes of at least 4 members (excludes halogenated alkanes) is 1. The molecule has 3 rings (SSSR count). The number of alkyl carbamates (subject to hydrolysis) is 1. The fourth-order valence-electron chi connectivity index (χ4n) is 6.48. The Morgan fingerprint density at radius 1 is 0.958 bits per heavy atom. The van der Waals surface area contributed by atoms with Gasteiger partial charge in [0.25, 0.3) is 0 Å². The molecule has 268 valence electrons. The van der Waals surface area contributed by atoms with Gasteiger partial charge in [-0.1, -0.05) is 62.8 Å². The zero-order valence-corrected chi connectivity index (χ0v) is 29.9.